The number of benzene rings is 1. The average Bonchev–Trinajstić information content (AvgIpc) is 2.53. The molecule has 1 N–H and O–H groups in total. The molecule has 4 nitrogen and oxygen atoms in total. The number of hydrogen-bond acceptors (Lipinski definition) is 4. The van der Waals surface area contributed by atoms with E-state index in [1.807, 2.05) is 18.2 Å². The summed E-state index contributed by atoms with van der Waals surface area (Å²) in [6.45, 7) is 7.13. The van der Waals surface area contributed by atoms with Crippen molar-refractivity contribution in [2.45, 2.75) is 19.4 Å². The molecule has 0 spiro atoms. The first kappa shape index (κ1) is 15.6. The Morgan fingerprint density at radius 3 is 2.39 bits per heavy atom. The number of aliphatic hydroxyl groups is 1. The zero-order valence-electron chi connectivity index (χ0n) is 12.9. The van der Waals surface area contributed by atoms with E-state index in [9.17, 15) is 5.11 Å². The molecule has 2 heterocycles. The van der Waals surface area contributed by atoms with Gasteiger partial charge in [0.2, 0.25) is 0 Å². The second-order valence-electron chi connectivity index (χ2n) is 5.81. The molecule has 0 fully saturated rings. The van der Waals surface area contributed by atoms with Gasteiger partial charge in [-0.2, -0.15) is 0 Å². The van der Waals surface area contributed by atoms with Gasteiger partial charge in [0.1, 0.15) is 5.60 Å². The van der Waals surface area contributed by atoms with Gasteiger partial charge in [-0.25, -0.2) is 9.97 Å². The Bertz CT molecular complexity index is 883. The highest BCUT2D eigenvalue weighted by atomic mass is 35.5. The normalized spacial score (nSPS) is 11.7. The van der Waals surface area contributed by atoms with Crippen LogP contribution in [-0.2, 0) is 5.60 Å². The fourth-order valence-electron chi connectivity index (χ4n) is 2.37. The quantitative estimate of drug-likeness (QED) is 0.783. The molecule has 0 aliphatic heterocycles. The number of pyridine rings is 1. The number of halogens is 1. The second-order valence-corrected chi connectivity index (χ2v) is 6.22. The molecule has 0 unspecified atom stereocenters. The van der Waals surface area contributed by atoms with Crippen LogP contribution in [0.25, 0.3) is 28.1 Å². The van der Waals surface area contributed by atoms with E-state index in [1.54, 1.807) is 38.5 Å². The van der Waals surface area contributed by atoms with Crippen LogP contribution in [0.15, 0.2) is 43.4 Å². The summed E-state index contributed by atoms with van der Waals surface area (Å²) >= 11 is 6.19. The van der Waals surface area contributed by atoms with E-state index in [2.05, 4.69) is 21.5 Å². The molecular weight excluding hydrogens is 310 g/mol. The summed E-state index contributed by atoms with van der Waals surface area (Å²) in [4.78, 5) is 12.8. The molecule has 116 valence electrons. The minimum absolute atomic E-state index is 0.388. The first-order chi connectivity index (χ1) is 10.9. The Morgan fingerprint density at radius 1 is 1.09 bits per heavy atom. The van der Waals surface area contributed by atoms with Crippen molar-refractivity contribution < 1.29 is 5.11 Å². The van der Waals surface area contributed by atoms with Crippen LogP contribution >= 0.6 is 11.6 Å². The maximum absolute atomic E-state index is 9.93. The van der Waals surface area contributed by atoms with Crippen LogP contribution in [0.1, 0.15) is 25.2 Å². The van der Waals surface area contributed by atoms with Gasteiger partial charge in [0, 0.05) is 35.1 Å². The molecule has 23 heavy (non-hydrogen) atoms. The molecule has 5 heteroatoms. The van der Waals surface area contributed by atoms with Crippen molar-refractivity contribution in [2.75, 3.05) is 0 Å². The van der Waals surface area contributed by atoms with Crippen LogP contribution in [0.3, 0.4) is 0 Å². The summed E-state index contributed by atoms with van der Waals surface area (Å²) in [5, 5.41) is 11.4. The number of aromatic nitrogens is 3. The highest BCUT2D eigenvalue weighted by Gasteiger charge is 2.19. The Hall–Kier alpha value is -2.30. The van der Waals surface area contributed by atoms with Gasteiger partial charge >= 0.3 is 0 Å². The first-order valence-electron chi connectivity index (χ1n) is 7.16. The van der Waals surface area contributed by atoms with Crippen molar-refractivity contribution in [2.24, 2.45) is 0 Å². The molecule has 0 saturated carbocycles. The van der Waals surface area contributed by atoms with E-state index in [-0.39, 0.29) is 0 Å². The number of fused-ring (bicyclic) bond motifs is 1. The van der Waals surface area contributed by atoms with Crippen molar-refractivity contribution in [3.05, 3.63) is 59.8 Å². The van der Waals surface area contributed by atoms with Crippen molar-refractivity contribution in [3.63, 3.8) is 0 Å². The van der Waals surface area contributed by atoms with Crippen LogP contribution < -0.4 is 0 Å². The maximum Gasteiger partial charge on any atom is 0.159 e. The monoisotopic (exact) mass is 325 g/mol. The minimum atomic E-state index is -1.06. The van der Waals surface area contributed by atoms with Gasteiger partial charge in [0.15, 0.2) is 5.82 Å². The summed E-state index contributed by atoms with van der Waals surface area (Å²) in [6, 6.07) is 5.88. The lowest BCUT2D eigenvalue weighted by Gasteiger charge is -2.15. The van der Waals surface area contributed by atoms with Crippen molar-refractivity contribution in [1.29, 1.82) is 0 Å². The number of rotatable bonds is 3. The highest BCUT2D eigenvalue weighted by molar-refractivity contribution is 6.33. The van der Waals surface area contributed by atoms with E-state index in [4.69, 9.17) is 11.6 Å². The lowest BCUT2D eigenvalue weighted by atomic mass is 10.0. The maximum atomic E-state index is 9.93. The molecule has 1 aromatic carbocycles. The van der Waals surface area contributed by atoms with E-state index in [0.29, 0.717) is 10.8 Å². The van der Waals surface area contributed by atoms with Crippen LogP contribution in [0.5, 0.6) is 0 Å². The molecule has 0 bridgehead atoms. The third kappa shape index (κ3) is 2.96. The fourth-order valence-corrected chi connectivity index (χ4v) is 2.60. The van der Waals surface area contributed by atoms with Gasteiger partial charge in [-0.15, -0.1) is 0 Å². The molecular formula is C18H16ClN3O. The fraction of sp³-hybridized carbons (Fsp3) is 0.167. The van der Waals surface area contributed by atoms with Crippen LogP contribution in [-0.4, -0.2) is 20.1 Å². The number of hydrogen-bond donors (Lipinski definition) is 1. The molecule has 0 amide bonds. The first-order valence-corrected chi connectivity index (χ1v) is 7.54. The van der Waals surface area contributed by atoms with Crippen LogP contribution in [0.2, 0.25) is 5.02 Å². The van der Waals surface area contributed by atoms with E-state index in [0.717, 1.165) is 27.6 Å². The molecule has 3 rings (SSSR count). The predicted molar refractivity (Wildman–Crippen MR) is 93.1 cm³/mol. The molecule has 0 atom stereocenters. The summed E-state index contributed by atoms with van der Waals surface area (Å²) < 4.78 is 0. The molecule has 2 aromatic heterocycles. The summed E-state index contributed by atoms with van der Waals surface area (Å²) in [5.41, 5.74) is 2.45. The van der Waals surface area contributed by atoms with Gasteiger partial charge in [0.05, 0.1) is 10.5 Å². The minimum Gasteiger partial charge on any atom is -0.382 e. The highest BCUT2D eigenvalue weighted by Crippen LogP contribution is 2.29. The summed E-state index contributed by atoms with van der Waals surface area (Å²) in [6.07, 6.45) is 6.76. The zero-order chi connectivity index (χ0) is 16.6. The van der Waals surface area contributed by atoms with Crippen molar-refractivity contribution >= 4 is 28.6 Å². The number of nitrogens with zero attached hydrogens (tertiary/aromatic N) is 3. The van der Waals surface area contributed by atoms with Crippen LogP contribution in [0, 0.1) is 0 Å². The second kappa shape index (κ2) is 5.72. The Balaban J connectivity index is 2.12. The standard InChI is InChI=1S/C18H16ClN3O/c1-4-13-14-7-11(5-6-16(14)20-10-15(13)19)12-8-21-17(22-9-12)18(2,3)23/h4-10,23H,1H2,2-3H3. The average molecular weight is 326 g/mol. The summed E-state index contributed by atoms with van der Waals surface area (Å²) in [5.74, 6) is 0.388. The largest absolute Gasteiger partial charge is 0.382 e. The molecule has 0 saturated heterocycles. The van der Waals surface area contributed by atoms with Crippen molar-refractivity contribution in [1.82, 2.24) is 15.0 Å². The summed E-state index contributed by atoms with van der Waals surface area (Å²) in [7, 11) is 0. The van der Waals surface area contributed by atoms with Gasteiger partial charge in [-0.05, 0) is 31.5 Å². The molecule has 0 radical (unpaired) electrons. The van der Waals surface area contributed by atoms with Gasteiger partial charge < -0.3 is 5.11 Å². The molecule has 0 aliphatic carbocycles. The lowest BCUT2D eigenvalue weighted by molar-refractivity contribution is 0.0687. The van der Waals surface area contributed by atoms with E-state index in [1.165, 1.54) is 0 Å². The Labute approximate surface area is 139 Å². The Kier molecular flexibility index (Phi) is 3.88. The zero-order valence-corrected chi connectivity index (χ0v) is 13.7. The third-order valence-electron chi connectivity index (χ3n) is 3.60. The van der Waals surface area contributed by atoms with Gasteiger partial charge in [-0.1, -0.05) is 30.3 Å². The van der Waals surface area contributed by atoms with E-state index >= 15 is 0 Å². The van der Waals surface area contributed by atoms with Gasteiger partial charge in [-0.3, -0.25) is 4.98 Å². The van der Waals surface area contributed by atoms with Crippen LogP contribution in [0.4, 0.5) is 0 Å². The topological polar surface area (TPSA) is 58.9 Å². The Morgan fingerprint density at radius 2 is 1.78 bits per heavy atom. The van der Waals surface area contributed by atoms with Crippen molar-refractivity contribution in [3.8, 4) is 11.1 Å². The predicted octanol–water partition coefficient (Wildman–Crippen LogP) is 4.22. The van der Waals surface area contributed by atoms with Gasteiger partial charge in [0.25, 0.3) is 0 Å². The molecule has 3 aromatic rings. The smallest absolute Gasteiger partial charge is 0.159 e. The lowest BCUT2D eigenvalue weighted by Crippen LogP contribution is -2.19. The molecule has 0 aliphatic rings. The van der Waals surface area contributed by atoms with E-state index < -0.39 is 5.60 Å². The third-order valence-corrected chi connectivity index (χ3v) is 3.90. The SMILES string of the molecule is C=Cc1c(Cl)cnc2ccc(-c3cnc(C(C)(C)O)nc3)cc12.